The number of amides is 1. The molecule has 1 saturated heterocycles. The van der Waals surface area contributed by atoms with E-state index in [0.717, 1.165) is 18.6 Å². The third-order valence-corrected chi connectivity index (χ3v) is 3.69. The monoisotopic (exact) mass is 238 g/mol. The molecule has 1 aliphatic heterocycles. The van der Waals surface area contributed by atoms with Crippen LogP contribution in [0, 0.1) is 0 Å². The summed E-state index contributed by atoms with van der Waals surface area (Å²) in [5.41, 5.74) is 0.355. The van der Waals surface area contributed by atoms with E-state index >= 15 is 0 Å². The molecule has 16 heavy (non-hydrogen) atoms. The standard InChI is InChI=1S/C11H14N2O2S/c14-9-3-4-10(12-6-9)11(15)13-8-2-1-5-16-7-8/h3-4,6,8,14H,1-2,5,7H2,(H,13,15). The quantitative estimate of drug-likeness (QED) is 0.818. The maximum absolute atomic E-state index is 11.8. The van der Waals surface area contributed by atoms with Crippen molar-refractivity contribution in [2.45, 2.75) is 18.9 Å². The molecular weight excluding hydrogens is 224 g/mol. The highest BCUT2D eigenvalue weighted by Crippen LogP contribution is 2.17. The van der Waals surface area contributed by atoms with Crippen LogP contribution >= 0.6 is 11.8 Å². The minimum absolute atomic E-state index is 0.0739. The van der Waals surface area contributed by atoms with Crippen LogP contribution in [0.4, 0.5) is 0 Å². The second kappa shape index (κ2) is 5.21. The van der Waals surface area contributed by atoms with Gasteiger partial charge in [0.25, 0.3) is 5.91 Å². The lowest BCUT2D eigenvalue weighted by Crippen LogP contribution is -2.38. The maximum Gasteiger partial charge on any atom is 0.270 e. The van der Waals surface area contributed by atoms with E-state index in [4.69, 9.17) is 5.11 Å². The topological polar surface area (TPSA) is 62.2 Å². The molecule has 1 amide bonds. The Bertz CT molecular complexity index is 361. The first kappa shape index (κ1) is 11.3. The van der Waals surface area contributed by atoms with Gasteiger partial charge >= 0.3 is 0 Å². The normalized spacial score (nSPS) is 20.4. The average Bonchev–Trinajstić information content (AvgIpc) is 2.31. The summed E-state index contributed by atoms with van der Waals surface area (Å²) in [5.74, 6) is 2.07. The molecule has 4 nitrogen and oxygen atoms in total. The zero-order valence-electron chi connectivity index (χ0n) is 8.85. The molecule has 86 valence electrons. The molecule has 1 aromatic rings. The van der Waals surface area contributed by atoms with Gasteiger partial charge in [-0.05, 0) is 30.7 Å². The summed E-state index contributed by atoms with van der Waals surface area (Å²) in [4.78, 5) is 15.6. The van der Waals surface area contributed by atoms with Gasteiger partial charge in [-0.2, -0.15) is 11.8 Å². The lowest BCUT2D eigenvalue weighted by molar-refractivity contribution is 0.0933. The molecule has 0 aromatic carbocycles. The van der Waals surface area contributed by atoms with E-state index in [-0.39, 0.29) is 17.7 Å². The van der Waals surface area contributed by atoms with Crippen LogP contribution in [0.5, 0.6) is 5.75 Å². The van der Waals surface area contributed by atoms with Crippen LogP contribution in [0.15, 0.2) is 18.3 Å². The SMILES string of the molecule is O=C(NC1CCCSC1)c1ccc(O)cn1. The van der Waals surface area contributed by atoms with Gasteiger partial charge in [-0.15, -0.1) is 0 Å². The van der Waals surface area contributed by atoms with Gasteiger partial charge in [-0.25, -0.2) is 4.98 Å². The number of hydrogen-bond acceptors (Lipinski definition) is 4. The van der Waals surface area contributed by atoms with Crippen molar-refractivity contribution in [3.63, 3.8) is 0 Å². The smallest absolute Gasteiger partial charge is 0.270 e. The molecule has 2 heterocycles. The van der Waals surface area contributed by atoms with Crippen molar-refractivity contribution in [3.05, 3.63) is 24.0 Å². The first-order valence-electron chi connectivity index (χ1n) is 5.29. The fraction of sp³-hybridized carbons (Fsp3) is 0.455. The average molecular weight is 238 g/mol. The maximum atomic E-state index is 11.8. The van der Waals surface area contributed by atoms with Crippen LogP contribution in [-0.2, 0) is 0 Å². The zero-order chi connectivity index (χ0) is 11.4. The Labute approximate surface area is 98.5 Å². The Morgan fingerprint density at radius 1 is 1.56 bits per heavy atom. The molecule has 1 fully saturated rings. The van der Waals surface area contributed by atoms with E-state index in [0.29, 0.717) is 5.69 Å². The van der Waals surface area contributed by atoms with Crippen molar-refractivity contribution in [2.75, 3.05) is 11.5 Å². The number of hydrogen-bond donors (Lipinski definition) is 2. The van der Waals surface area contributed by atoms with Gasteiger partial charge in [-0.3, -0.25) is 4.79 Å². The first-order valence-corrected chi connectivity index (χ1v) is 6.45. The summed E-state index contributed by atoms with van der Waals surface area (Å²) in [6, 6.07) is 3.25. The minimum Gasteiger partial charge on any atom is -0.506 e. The molecule has 0 spiro atoms. The van der Waals surface area contributed by atoms with Gasteiger partial charge in [-0.1, -0.05) is 0 Å². The van der Waals surface area contributed by atoms with Crippen LogP contribution in [0.3, 0.4) is 0 Å². The van der Waals surface area contributed by atoms with Gasteiger partial charge in [0.05, 0.1) is 6.20 Å². The van der Waals surface area contributed by atoms with Crippen LogP contribution in [-0.4, -0.2) is 33.5 Å². The number of nitrogens with zero attached hydrogens (tertiary/aromatic N) is 1. The summed E-state index contributed by atoms with van der Waals surface area (Å²) >= 11 is 1.87. The molecule has 2 rings (SSSR count). The molecule has 0 aliphatic carbocycles. The Balaban J connectivity index is 1.94. The van der Waals surface area contributed by atoms with Gasteiger partial charge in [0, 0.05) is 11.8 Å². The van der Waals surface area contributed by atoms with Gasteiger partial charge in [0.1, 0.15) is 11.4 Å². The Morgan fingerprint density at radius 3 is 3.06 bits per heavy atom. The van der Waals surface area contributed by atoms with Crippen LogP contribution in [0.2, 0.25) is 0 Å². The molecular formula is C11H14N2O2S. The second-order valence-electron chi connectivity index (χ2n) is 3.79. The number of rotatable bonds is 2. The van der Waals surface area contributed by atoms with E-state index in [1.54, 1.807) is 0 Å². The van der Waals surface area contributed by atoms with E-state index in [9.17, 15) is 4.79 Å². The Morgan fingerprint density at radius 2 is 2.44 bits per heavy atom. The highest BCUT2D eigenvalue weighted by Gasteiger charge is 2.17. The minimum atomic E-state index is -0.160. The molecule has 0 saturated carbocycles. The zero-order valence-corrected chi connectivity index (χ0v) is 9.67. The predicted octanol–water partition coefficient (Wildman–Crippen LogP) is 1.41. The van der Waals surface area contributed by atoms with Crippen LogP contribution in [0.1, 0.15) is 23.3 Å². The van der Waals surface area contributed by atoms with E-state index in [2.05, 4.69) is 10.3 Å². The van der Waals surface area contributed by atoms with Crippen LogP contribution < -0.4 is 5.32 Å². The Hall–Kier alpha value is -1.23. The predicted molar refractivity (Wildman–Crippen MR) is 63.7 cm³/mol. The molecule has 1 unspecified atom stereocenters. The van der Waals surface area contributed by atoms with E-state index in [1.807, 2.05) is 11.8 Å². The molecule has 1 aliphatic rings. The summed E-state index contributed by atoms with van der Waals surface area (Å²) in [5, 5.41) is 12.0. The van der Waals surface area contributed by atoms with Crippen molar-refractivity contribution < 1.29 is 9.90 Å². The fourth-order valence-corrected chi connectivity index (χ4v) is 2.71. The van der Waals surface area contributed by atoms with Crippen molar-refractivity contribution in [1.29, 1.82) is 0 Å². The molecule has 5 heteroatoms. The summed E-state index contributed by atoms with van der Waals surface area (Å²) in [6.45, 7) is 0. The molecule has 1 atom stereocenters. The first-order chi connectivity index (χ1) is 7.75. The molecule has 2 N–H and O–H groups in total. The highest BCUT2D eigenvalue weighted by atomic mass is 32.2. The third kappa shape index (κ3) is 2.88. The second-order valence-corrected chi connectivity index (χ2v) is 4.94. The van der Waals surface area contributed by atoms with E-state index < -0.39 is 0 Å². The Kier molecular flexibility index (Phi) is 3.66. The molecule has 1 aromatic heterocycles. The molecule has 0 bridgehead atoms. The number of nitrogens with one attached hydrogen (secondary N) is 1. The van der Waals surface area contributed by atoms with E-state index in [1.165, 1.54) is 24.1 Å². The highest BCUT2D eigenvalue weighted by molar-refractivity contribution is 7.99. The number of thioether (sulfide) groups is 1. The number of aromatic hydroxyl groups is 1. The van der Waals surface area contributed by atoms with Crippen molar-refractivity contribution >= 4 is 17.7 Å². The summed E-state index contributed by atoms with van der Waals surface area (Å²) < 4.78 is 0. The van der Waals surface area contributed by atoms with Crippen LogP contribution in [0.25, 0.3) is 0 Å². The lowest BCUT2D eigenvalue weighted by Gasteiger charge is -2.22. The van der Waals surface area contributed by atoms with Gasteiger partial charge < -0.3 is 10.4 Å². The fourth-order valence-electron chi connectivity index (χ4n) is 1.63. The van der Waals surface area contributed by atoms with Crippen molar-refractivity contribution in [3.8, 4) is 5.75 Å². The summed E-state index contributed by atoms with van der Waals surface area (Å²) in [6.07, 6.45) is 3.47. The van der Waals surface area contributed by atoms with Gasteiger partial charge in [0.2, 0.25) is 0 Å². The largest absolute Gasteiger partial charge is 0.506 e. The number of pyridine rings is 1. The number of carbonyl (C=O) groups excluding carboxylic acids is 1. The van der Waals surface area contributed by atoms with Gasteiger partial charge in [0.15, 0.2) is 0 Å². The van der Waals surface area contributed by atoms with Crippen molar-refractivity contribution in [1.82, 2.24) is 10.3 Å². The third-order valence-electron chi connectivity index (χ3n) is 2.48. The van der Waals surface area contributed by atoms with Crippen molar-refractivity contribution in [2.24, 2.45) is 0 Å². The lowest BCUT2D eigenvalue weighted by atomic mass is 10.2. The molecule has 0 radical (unpaired) electrons. The number of carbonyl (C=O) groups is 1. The number of aromatic nitrogens is 1. The summed E-state index contributed by atoms with van der Waals surface area (Å²) in [7, 11) is 0.